The van der Waals surface area contributed by atoms with E-state index in [0.717, 1.165) is 13.1 Å². The number of hydrogen-bond acceptors (Lipinski definition) is 2. The molecular formula is C17H30N2. The van der Waals surface area contributed by atoms with Crippen molar-refractivity contribution in [2.45, 2.75) is 40.7 Å². The Kier molecular flexibility index (Phi) is 5.57. The quantitative estimate of drug-likeness (QED) is 0.873. The topological polar surface area (TPSA) is 15.3 Å². The highest BCUT2D eigenvalue weighted by atomic mass is 15.1. The molecule has 0 spiro atoms. The first-order valence-corrected chi connectivity index (χ1v) is 7.15. The van der Waals surface area contributed by atoms with E-state index in [1.807, 2.05) is 7.05 Å². The summed E-state index contributed by atoms with van der Waals surface area (Å²) in [4.78, 5) is 2.42. The van der Waals surface area contributed by atoms with Crippen LogP contribution in [0.25, 0.3) is 0 Å². The highest BCUT2D eigenvalue weighted by molar-refractivity contribution is 5.30. The molecule has 0 radical (unpaired) electrons. The number of nitrogens with zero attached hydrogens (tertiary/aromatic N) is 1. The minimum atomic E-state index is 0.343. The Hall–Kier alpha value is -0.860. The SMILES string of the molecule is CNC(CN(C)CC(C)(C)C)c1cc(C)cc(C)c1. The van der Waals surface area contributed by atoms with Gasteiger partial charge in [0.2, 0.25) is 0 Å². The number of rotatable bonds is 5. The molecule has 1 rings (SSSR count). The van der Waals surface area contributed by atoms with Crippen LogP contribution in [0.1, 0.15) is 43.5 Å². The fourth-order valence-electron chi connectivity index (χ4n) is 2.76. The highest BCUT2D eigenvalue weighted by Gasteiger charge is 2.17. The normalized spacial score (nSPS) is 13.9. The van der Waals surface area contributed by atoms with Gasteiger partial charge >= 0.3 is 0 Å². The summed E-state index contributed by atoms with van der Waals surface area (Å²) in [5.41, 5.74) is 4.42. The zero-order valence-corrected chi connectivity index (χ0v) is 13.7. The van der Waals surface area contributed by atoms with Gasteiger partial charge in [0.05, 0.1) is 0 Å². The van der Waals surface area contributed by atoms with Gasteiger partial charge in [0, 0.05) is 19.1 Å². The van der Waals surface area contributed by atoms with Crippen LogP contribution in [-0.4, -0.2) is 32.1 Å². The molecule has 1 aromatic carbocycles. The van der Waals surface area contributed by atoms with Crippen LogP contribution in [0, 0.1) is 19.3 Å². The van der Waals surface area contributed by atoms with Crippen molar-refractivity contribution in [2.24, 2.45) is 5.41 Å². The van der Waals surface area contributed by atoms with E-state index in [9.17, 15) is 0 Å². The average molecular weight is 262 g/mol. The molecule has 0 saturated carbocycles. The average Bonchev–Trinajstić information content (AvgIpc) is 2.21. The van der Waals surface area contributed by atoms with Crippen molar-refractivity contribution in [1.82, 2.24) is 10.2 Å². The molecule has 0 aliphatic rings. The van der Waals surface area contributed by atoms with Crippen LogP contribution in [0.5, 0.6) is 0 Å². The largest absolute Gasteiger partial charge is 0.312 e. The molecule has 0 amide bonds. The minimum Gasteiger partial charge on any atom is -0.312 e. The predicted octanol–water partition coefficient (Wildman–Crippen LogP) is 3.54. The third-order valence-corrected chi connectivity index (χ3v) is 3.23. The highest BCUT2D eigenvalue weighted by Crippen LogP contribution is 2.20. The molecule has 1 unspecified atom stereocenters. The maximum Gasteiger partial charge on any atom is 0.0446 e. The van der Waals surface area contributed by atoms with Crippen molar-refractivity contribution in [3.63, 3.8) is 0 Å². The van der Waals surface area contributed by atoms with Gasteiger partial charge in [0.25, 0.3) is 0 Å². The summed E-state index contributed by atoms with van der Waals surface area (Å²) in [6.45, 7) is 13.3. The van der Waals surface area contributed by atoms with Gasteiger partial charge in [-0.05, 0) is 38.9 Å². The Morgan fingerprint density at radius 1 is 1.11 bits per heavy atom. The third kappa shape index (κ3) is 5.75. The second kappa shape index (κ2) is 6.53. The number of benzene rings is 1. The fourth-order valence-corrected chi connectivity index (χ4v) is 2.76. The van der Waals surface area contributed by atoms with E-state index in [1.54, 1.807) is 0 Å². The van der Waals surface area contributed by atoms with Crippen molar-refractivity contribution in [3.8, 4) is 0 Å². The van der Waals surface area contributed by atoms with Crippen molar-refractivity contribution in [1.29, 1.82) is 0 Å². The summed E-state index contributed by atoms with van der Waals surface area (Å²) in [6.07, 6.45) is 0. The first-order valence-electron chi connectivity index (χ1n) is 7.15. The van der Waals surface area contributed by atoms with E-state index >= 15 is 0 Å². The lowest BCUT2D eigenvalue weighted by atomic mass is 9.95. The van der Waals surface area contributed by atoms with Crippen LogP contribution in [0.3, 0.4) is 0 Å². The minimum absolute atomic E-state index is 0.343. The van der Waals surface area contributed by atoms with Crippen molar-refractivity contribution < 1.29 is 0 Å². The number of likely N-dealkylation sites (N-methyl/N-ethyl adjacent to an activating group) is 2. The van der Waals surface area contributed by atoms with Crippen LogP contribution < -0.4 is 5.32 Å². The molecule has 108 valence electrons. The van der Waals surface area contributed by atoms with Gasteiger partial charge in [-0.3, -0.25) is 0 Å². The van der Waals surface area contributed by atoms with Crippen LogP contribution in [0.2, 0.25) is 0 Å². The van der Waals surface area contributed by atoms with Gasteiger partial charge in [-0.25, -0.2) is 0 Å². The molecule has 0 bridgehead atoms. The molecular weight excluding hydrogens is 232 g/mol. The smallest absolute Gasteiger partial charge is 0.0446 e. The zero-order chi connectivity index (χ0) is 14.6. The molecule has 0 aliphatic carbocycles. The van der Waals surface area contributed by atoms with Crippen LogP contribution in [0.15, 0.2) is 18.2 Å². The number of hydrogen-bond donors (Lipinski definition) is 1. The van der Waals surface area contributed by atoms with E-state index in [1.165, 1.54) is 16.7 Å². The summed E-state index contributed by atoms with van der Waals surface area (Å²) < 4.78 is 0. The Balaban J connectivity index is 2.77. The first-order chi connectivity index (χ1) is 8.71. The summed E-state index contributed by atoms with van der Waals surface area (Å²) in [5, 5.41) is 3.45. The Morgan fingerprint density at radius 3 is 2.05 bits per heavy atom. The van der Waals surface area contributed by atoms with Crippen molar-refractivity contribution in [3.05, 3.63) is 34.9 Å². The second-order valence-corrected chi connectivity index (χ2v) is 7.02. The number of aryl methyl sites for hydroxylation is 2. The molecule has 0 aromatic heterocycles. The fraction of sp³-hybridized carbons (Fsp3) is 0.647. The first kappa shape index (κ1) is 16.2. The lowest BCUT2D eigenvalue weighted by Crippen LogP contribution is -2.36. The Labute approximate surface area is 119 Å². The van der Waals surface area contributed by atoms with Gasteiger partial charge in [0.1, 0.15) is 0 Å². The van der Waals surface area contributed by atoms with Crippen LogP contribution in [-0.2, 0) is 0 Å². The summed E-state index contributed by atoms with van der Waals surface area (Å²) in [6, 6.07) is 7.21. The molecule has 1 N–H and O–H groups in total. The van der Waals surface area contributed by atoms with Gasteiger partial charge < -0.3 is 10.2 Å². The van der Waals surface area contributed by atoms with E-state index in [0.29, 0.717) is 11.5 Å². The zero-order valence-electron chi connectivity index (χ0n) is 13.7. The van der Waals surface area contributed by atoms with E-state index in [2.05, 4.69) is 70.1 Å². The monoisotopic (exact) mass is 262 g/mol. The van der Waals surface area contributed by atoms with E-state index in [-0.39, 0.29) is 0 Å². The molecule has 0 fully saturated rings. The molecule has 0 aliphatic heterocycles. The van der Waals surface area contributed by atoms with Crippen LogP contribution in [0.4, 0.5) is 0 Å². The molecule has 19 heavy (non-hydrogen) atoms. The van der Waals surface area contributed by atoms with Crippen LogP contribution >= 0.6 is 0 Å². The Morgan fingerprint density at radius 2 is 1.63 bits per heavy atom. The van der Waals surface area contributed by atoms with Gasteiger partial charge in [0.15, 0.2) is 0 Å². The lowest BCUT2D eigenvalue weighted by molar-refractivity contribution is 0.210. The predicted molar refractivity (Wildman–Crippen MR) is 84.7 cm³/mol. The second-order valence-electron chi connectivity index (χ2n) is 7.02. The van der Waals surface area contributed by atoms with Gasteiger partial charge in [-0.1, -0.05) is 50.1 Å². The Bertz CT molecular complexity index is 384. The van der Waals surface area contributed by atoms with E-state index < -0.39 is 0 Å². The van der Waals surface area contributed by atoms with Crippen molar-refractivity contribution in [2.75, 3.05) is 27.2 Å². The molecule has 0 heterocycles. The summed E-state index contributed by atoms with van der Waals surface area (Å²) >= 11 is 0. The molecule has 0 saturated heterocycles. The standard InChI is InChI=1S/C17H30N2/c1-13-8-14(2)10-15(9-13)16(18-6)11-19(7)12-17(3,4)5/h8-10,16,18H,11-12H2,1-7H3. The molecule has 1 aromatic rings. The number of nitrogens with one attached hydrogen (secondary N) is 1. The third-order valence-electron chi connectivity index (χ3n) is 3.23. The van der Waals surface area contributed by atoms with Gasteiger partial charge in [-0.2, -0.15) is 0 Å². The maximum atomic E-state index is 3.45. The summed E-state index contributed by atoms with van der Waals surface area (Å²) in [5.74, 6) is 0. The van der Waals surface area contributed by atoms with Gasteiger partial charge in [-0.15, -0.1) is 0 Å². The molecule has 1 atom stereocenters. The molecule has 2 nitrogen and oxygen atoms in total. The lowest BCUT2D eigenvalue weighted by Gasteiger charge is -2.30. The maximum absolute atomic E-state index is 3.45. The molecule has 2 heteroatoms. The summed E-state index contributed by atoms with van der Waals surface area (Å²) in [7, 11) is 4.26. The van der Waals surface area contributed by atoms with E-state index in [4.69, 9.17) is 0 Å². The van der Waals surface area contributed by atoms with Crippen molar-refractivity contribution >= 4 is 0 Å².